The van der Waals surface area contributed by atoms with E-state index in [9.17, 15) is 0 Å². The van der Waals surface area contributed by atoms with E-state index in [1.807, 2.05) is 37.3 Å². The van der Waals surface area contributed by atoms with E-state index in [-0.39, 0.29) is 0 Å². The fourth-order valence-corrected chi connectivity index (χ4v) is 2.39. The molecule has 0 fully saturated rings. The maximum atomic E-state index is 5.52. The average Bonchev–Trinajstić information content (AvgIpc) is 3.08. The Balaban J connectivity index is 1.74. The monoisotopic (exact) mass is 381 g/mol. The van der Waals surface area contributed by atoms with Gasteiger partial charge in [0.1, 0.15) is 5.76 Å². The zero-order valence-electron chi connectivity index (χ0n) is 10.8. The van der Waals surface area contributed by atoms with Crippen molar-refractivity contribution in [2.75, 3.05) is 5.32 Å². The molecule has 2 aromatic heterocycles. The lowest BCUT2D eigenvalue weighted by atomic mass is 10.1. The van der Waals surface area contributed by atoms with E-state index in [4.69, 9.17) is 8.83 Å². The quantitative estimate of drug-likeness (QED) is 0.696. The summed E-state index contributed by atoms with van der Waals surface area (Å²) in [4.78, 5) is 0. The first kappa shape index (κ1) is 13.2. The summed E-state index contributed by atoms with van der Waals surface area (Å²) in [5, 5.41) is 10.9. The minimum Gasteiger partial charge on any atom is -0.454 e. The predicted octanol–water partition coefficient (Wildman–Crippen LogP) is 3.85. The summed E-state index contributed by atoms with van der Waals surface area (Å²) < 4.78 is 11.6. The zero-order chi connectivity index (χ0) is 13.9. The minimum absolute atomic E-state index is 0.528. The Morgan fingerprint density at radius 1 is 1.25 bits per heavy atom. The van der Waals surface area contributed by atoms with E-state index >= 15 is 0 Å². The third-order valence-corrected chi connectivity index (χ3v) is 3.50. The van der Waals surface area contributed by atoms with Crippen LogP contribution in [0, 0.1) is 10.7 Å². The van der Waals surface area contributed by atoms with Gasteiger partial charge in [0.2, 0.25) is 12.3 Å². The van der Waals surface area contributed by atoms with Gasteiger partial charge in [0.25, 0.3) is 0 Å². The van der Waals surface area contributed by atoms with Crippen LogP contribution in [0.5, 0.6) is 0 Å². The number of hydrogen-bond acceptors (Lipinski definition) is 5. The van der Waals surface area contributed by atoms with Crippen LogP contribution in [0.25, 0.3) is 11.5 Å². The van der Waals surface area contributed by atoms with Gasteiger partial charge in [-0.15, -0.1) is 10.2 Å². The van der Waals surface area contributed by atoms with Gasteiger partial charge in [-0.05, 0) is 65.4 Å². The molecule has 0 bridgehead atoms. The van der Waals surface area contributed by atoms with E-state index in [2.05, 4.69) is 38.1 Å². The molecule has 20 heavy (non-hydrogen) atoms. The van der Waals surface area contributed by atoms with Crippen molar-refractivity contribution in [1.29, 1.82) is 0 Å². The number of rotatable bonds is 4. The maximum absolute atomic E-state index is 5.52. The molecule has 0 saturated carbocycles. The van der Waals surface area contributed by atoms with Gasteiger partial charge in [-0.1, -0.05) is 0 Å². The largest absolute Gasteiger partial charge is 0.454 e. The number of nitrogens with one attached hydrogen (secondary N) is 1. The second-order valence-electron chi connectivity index (χ2n) is 4.33. The summed E-state index contributed by atoms with van der Waals surface area (Å²) >= 11 is 2.15. The van der Waals surface area contributed by atoms with Gasteiger partial charge < -0.3 is 14.2 Å². The normalized spacial score (nSPS) is 10.7. The van der Waals surface area contributed by atoms with Crippen molar-refractivity contribution in [3.8, 4) is 11.5 Å². The predicted molar refractivity (Wildman–Crippen MR) is 83.2 cm³/mol. The van der Waals surface area contributed by atoms with Crippen LogP contribution in [0.4, 0.5) is 5.69 Å². The molecule has 0 amide bonds. The van der Waals surface area contributed by atoms with Gasteiger partial charge in [0, 0.05) is 11.3 Å². The molecule has 102 valence electrons. The Morgan fingerprint density at radius 3 is 2.80 bits per heavy atom. The summed E-state index contributed by atoms with van der Waals surface area (Å²) in [6, 6.07) is 9.89. The molecule has 0 aliphatic rings. The second-order valence-corrected chi connectivity index (χ2v) is 5.40. The van der Waals surface area contributed by atoms with Crippen LogP contribution in [0.1, 0.15) is 11.3 Å². The summed E-state index contributed by atoms with van der Waals surface area (Å²) in [7, 11) is 0. The number of benzene rings is 1. The number of nitrogens with zero attached hydrogens (tertiary/aromatic N) is 2. The molecule has 1 aromatic carbocycles. The maximum Gasteiger partial charge on any atom is 0.247 e. The van der Waals surface area contributed by atoms with Crippen LogP contribution >= 0.6 is 22.6 Å². The van der Waals surface area contributed by atoms with Crippen LogP contribution in [0.15, 0.2) is 45.6 Å². The Hall–Kier alpha value is -1.83. The molecule has 3 rings (SSSR count). The first-order chi connectivity index (χ1) is 9.72. The van der Waals surface area contributed by atoms with Gasteiger partial charge in [-0.2, -0.15) is 0 Å². The molecule has 0 atom stereocenters. The Bertz CT molecular complexity index is 707. The minimum atomic E-state index is 0.528. The Kier molecular flexibility index (Phi) is 3.72. The number of anilines is 1. The first-order valence-corrected chi connectivity index (χ1v) is 7.15. The molecular weight excluding hydrogens is 369 g/mol. The van der Waals surface area contributed by atoms with Crippen LogP contribution < -0.4 is 5.32 Å². The van der Waals surface area contributed by atoms with Crippen molar-refractivity contribution in [3.63, 3.8) is 0 Å². The van der Waals surface area contributed by atoms with E-state index in [1.54, 1.807) is 0 Å². The van der Waals surface area contributed by atoms with Crippen molar-refractivity contribution >= 4 is 28.3 Å². The van der Waals surface area contributed by atoms with Crippen LogP contribution in [0.2, 0.25) is 0 Å². The molecule has 1 N–H and O–H groups in total. The molecule has 0 saturated heterocycles. The SMILES string of the molecule is Cc1cc(-c2nnco2)ccc1NCc1ccc(I)o1. The van der Waals surface area contributed by atoms with Crippen LogP contribution in [0.3, 0.4) is 0 Å². The van der Waals surface area contributed by atoms with Gasteiger partial charge in [-0.25, -0.2) is 0 Å². The zero-order valence-corrected chi connectivity index (χ0v) is 12.9. The molecule has 3 aromatic rings. The lowest BCUT2D eigenvalue weighted by Crippen LogP contribution is -2.00. The standard InChI is InChI=1S/C14H12IN3O2/c1-9-6-10(14-18-17-8-19-14)2-4-12(9)16-7-11-3-5-13(15)20-11/h2-6,8,16H,7H2,1H3. The number of aromatic nitrogens is 2. The number of aryl methyl sites for hydroxylation is 1. The highest BCUT2D eigenvalue weighted by molar-refractivity contribution is 14.1. The number of halogens is 1. The van der Waals surface area contributed by atoms with E-state index in [0.29, 0.717) is 12.4 Å². The number of furan rings is 1. The lowest BCUT2D eigenvalue weighted by molar-refractivity contribution is 0.493. The fraction of sp³-hybridized carbons (Fsp3) is 0.143. The van der Waals surface area contributed by atoms with Crippen molar-refractivity contribution in [2.45, 2.75) is 13.5 Å². The van der Waals surface area contributed by atoms with Gasteiger partial charge >= 0.3 is 0 Å². The molecule has 0 radical (unpaired) electrons. The topological polar surface area (TPSA) is 64.1 Å². The second kappa shape index (κ2) is 5.66. The van der Waals surface area contributed by atoms with E-state index < -0.39 is 0 Å². The Morgan fingerprint density at radius 2 is 2.15 bits per heavy atom. The third-order valence-electron chi connectivity index (χ3n) is 2.92. The van der Waals surface area contributed by atoms with Crippen molar-refractivity contribution in [3.05, 3.63) is 51.8 Å². The molecule has 2 heterocycles. The summed E-state index contributed by atoms with van der Waals surface area (Å²) in [5.41, 5.74) is 3.08. The highest BCUT2D eigenvalue weighted by Gasteiger charge is 2.07. The molecule has 0 aliphatic heterocycles. The Labute approximate surface area is 129 Å². The average molecular weight is 381 g/mol. The first-order valence-electron chi connectivity index (χ1n) is 6.07. The lowest BCUT2D eigenvalue weighted by Gasteiger charge is -2.09. The third kappa shape index (κ3) is 2.84. The van der Waals surface area contributed by atoms with Gasteiger partial charge in [-0.3, -0.25) is 0 Å². The summed E-state index contributed by atoms with van der Waals surface area (Å²) in [6.07, 6.45) is 1.33. The summed E-state index contributed by atoms with van der Waals surface area (Å²) in [5.74, 6) is 1.44. The van der Waals surface area contributed by atoms with Crippen molar-refractivity contribution in [2.24, 2.45) is 0 Å². The van der Waals surface area contributed by atoms with Gasteiger partial charge in [0.15, 0.2) is 3.77 Å². The molecule has 0 unspecified atom stereocenters. The molecule has 0 spiro atoms. The van der Waals surface area contributed by atoms with Crippen molar-refractivity contribution in [1.82, 2.24) is 10.2 Å². The van der Waals surface area contributed by atoms with E-state index in [0.717, 1.165) is 26.3 Å². The van der Waals surface area contributed by atoms with E-state index in [1.165, 1.54) is 6.39 Å². The molecule has 6 heteroatoms. The van der Waals surface area contributed by atoms with Crippen molar-refractivity contribution < 1.29 is 8.83 Å². The summed E-state index contributed by atoms with van der Waals surface area (Å²) in [6.45, 7) is 2.69. The smallest absolute Gasteiger partial charge is 0.247 e. The number of hydrogen-bond donors (Lipinski definition) is 1. The highest BCUT2D eigenvalue weighted by atomic mass is 127. The molecular formula is C14H12IN3O2. The molecule has 0 aliphatic carbocycles. The van der Waals surface area contributed by atoms with Crippen LogP contribution in [-0.2, 0) is 6.54 Å². The van der Waals surface area contributed by atoms with Gasteiger partial charge in [0.05, 0.1) is 6.54 Å². The highest BCUT2D eigenvalue weighted by Crippen LogP contribution is 2.23. The fourth-order valence-electron chi connectivity index (χ4n) is 1.92. The molecule has 5 nitrogen and oxygen atoms in total. The van der Waals surface area contributed by atoms with Crippen LogP contribution in [-0.4, -0.2) is 10.2 Å².